The molecule has 1 N–H and O–H groups in total. The molecular weight excluding hydrogens is 260 g/mol. The van der Waals surface area contributed by atoms with Crippen molar-refractivity contribution >= 4 is 21.8 Å². The smallest absolute Gasteiger partial charge is 0.289 e. The van der Waals surface area contributed by atoms with E-state index in [-0.39, 0.29) is 11.9 Å². The van der Waals surface area contributed by atoms with Gasteiger partial charge < -0.3 is 9.73 Å². The van der Waals surface area contributed by atoms with Crippen LogP contribution in [0.3, 0.4) is 0 Å². The Labute approximate surface area is 97.6 Å². The molecule has 0 aliphatic rings. The molecule has 0 spiro atoms. The highest BCUT2D eigenvalue weighted by atomic mass is 79.9. The molecular formula is C10H15BrN2O2. The predicted octanol–water partition coefficient (Wildman–Crippen LogP) is 2.28. The lowest BCUT2D eigenvalue weighted by atomic mass is 10.2. The number of halogens is 1. The Balaban J connectivity index is 2.46. The van der Waals surface area contributed by atoms with Gasteiger partial charge in [-0.1, -0.05) is 15.9 Å². The molecule has 1 rings (SSSR count). The lowest BCUT2D eigenvalue weighted by Crippen LogP contribution is -2.32. The van der Waals surface area contributed by atoms with Crippen LogP contribution < -0.4 is 5.32 Å². The van der Waals surface area contributed by atoms with Gasteiger partial charge in [0.15, 0.2) is 6.39 Å². The molecule has 1 amide bonds. The summed E-state index contributed by atoms with van der Waals surface area (Å²) in [6, 6.07) is 0.152. The molecule has 0 bridgehead atoms. The molecule has 1 heterocycles. The van der Waals surface area contributed by atoms with Crippen LogP contribution in [0, 0.1) is 6.92 Å². The highest BCUT2D eigenvalue weighted by Gasteiger charge is 2.15. The maximum atomic E-state index is 11.6. The molecule has 1 aromatic rings. The fraction of sp³-hybridized carbons (Fsp3) is 0.600. The van der Waals surface area contributed by atoms with E-state index >= 15 is 0 Å². The van der Waals surface area contributed by atoms with Crippen molar-refractivity contribution in [1.29, 1.82) is 0 Å². The molecule has 15 heavy (non-hydrogen) atoms. The standard InChI is InChI=1S/C10H15BrN2O2/c1-7(4-3-5-11)13-10(14)9-8(2)12-6-15-9/h6-7H,3-5H2,1-2H3,(H,13,14). The quantitative estimate of drug-likeness (QED) is 0.839. The van der Waals surface area contributed by atoms with Crippen LogP contribution in [-0.4, -0.2) is 22.3 Å². The third-order valence-corrected chi connectivity index (χ3v) is 2.66. The largest absolute Gasteiger partial charge is 0.438 e. The summed E-state index contributed by atoms with van der Waals surface area (Å²) in [7, 11) is 0. The Hall–Kier alpha value is -0.840. The van der Waals surface area contributed by atoms with E-state index in [0.29, 0.717) is 11.5 Å². The lowest BCUT2D eigenvalue weighted by molar-refractivity contribution is 0.0909. The van der Waals surface area contributed by atoms with Crippen LogP contribution in [0.4, 0.5) is 0 Å². The van der Waals surface area contributed by atoms with E-state index in [4.69, 9.17) is 4.42 Å². The average molecular weight is 275 g/mol. The molecule has 84 valence electrons. The summed E-state index contributed by atoms with van der Waals surface area (Å²) >= 11 is 3.35. The molecule has 4 nitrogen and oxygen atoms in total. The van der Waals surface area contributed by atoms with Crippen LogP contribution in [0.2, 0.25) is 0 Å². The normalized spacial score (nSPS) is 12.5. The highest BCUT2D eigenvalue weighted by Crippen LogP contribution is 2.06. The Morgan fingerprint density at radius 2 is 2.47 bits per heavy atom. The Kier molecular flexibility index (Phi) is 4.81. The highest BCUT2D eigenvalue weighted by molar-refractivity contribution is 9.09. The molecule has 5 heteroatoms. The number of nitrogens with one attached hydrogen (secondary N) is 1. The van der Waals surface area contributed by atoms with Gasteiger partial charge in [-0.3, -0.25) is 4.79 Å². The van der Waals surface area contributed by atoms with Crippen molar-refractivity contribution in [1.82, 2.24) is 10.3 Å². The van der Waals surface area contributed by atoms with Crippen molar-refractivity contribution < 1.29 is 9.21 Å². The lowest BCUT2D eigenvalue weighted by Gasteiger charge is -2.11. The maximum absolute atomic E-state index is 11.6. The van der Waals surface area contributed by atoms with E-state index < -0.39 is 0 Å². The summed E-state index contributed by atoms with van der Waals surface area (Å²) in [5, 5.41) is 3.82. The summed E-state index contributed by atoms with van der Waals surface area (Å²) in [6.07, 6.45) is 3.27. The van der Waals surface area contributed by atoms with Gasteiger partial charge in [-0.15, -0.1) is 0 Å². The number of amides is 1. The Morgan fingerprint density at radius 3 is 3.00 bits per heavy atom. The van der Waals surface area contributed by atoms with Crippen molar-refractivity contribution in [3.63, 3.8) is 0 Å². The summed E-state index contributed by atoms with van der Waals surface area (Å²) in [5.41, 5.74) is 0.625. The van der Waals surface area contributed by atoms with Crippen LogP contribution >= 0.6 is 15.9 Å². The van der Waals surface area contributed by atoms with Crippen LogP contribution in [0.15, 0.2) is 10.8 Å². The van der Waals surface area contributed by atoms with Crippen molar-refractivity contribution in [2.24, 2.45) is 0 Å². The van der Waals surface area contributed by atoms with E-state index in [0.717, 1.165) is 18.2 Å². The van der Waals surface area contributed by atoms with Crippen molar-refractivity contribution in [3.05, 3.63) is 17.8 Å². The van der Waals surface area contributed by atoms with Crippen molar-refractivity contribution in [2.75, 3.05) is 5.33 Å². The van der Waals surface area contributed by atoms with Crippen LogP contribution in [0.1, 0.15) is 36.0 Å². The second-order valence-corrected chi connectivity index (χ2v) is 4.27. The van der Waals surface area contributed by atoms with Gasteiger partial charge in [0.2, 0.25) is 5.76 Å². The van der Waals surface area contributed by atoms with Crippen LogP contribution in [-0.2, 0) is 0 Å². The number of aryl methyl sites for hydroxylation is 1. The molecule has 1 unspecified atom stereocenters. The zero-order valence-corrected chi connectivity index (χ0v) is 10.5. The zero-order valence-electron chi connectivity index (χ0n) is 8.92. The average Bonchev–Trinajstić information content (AvgIpc) is 2.61. The monoisotopic (exact) mass is 274 g/mol. The SMILES string of the molecule is Cc1ncoc1C(=O)NC(C)CCCBr. The van der Waals surface area contributed by atoms with E-state index in [1.807, 2.05) is 6.92 Å². The third kappa shape index (κ3) is 3.66. The molecule has 0 aliphatic heterocycles. The molecule has 0 radical (unpaired) electrons. The Bertz CT molecular complexity index is 325. The summed E-state index contributed by atoms with van der Waals surface area (Å²) in [5.74, 6) is 0.118. The first-order chi connectivity index (χ1) is 7.15. The van der Waals surface area contributed by atoms with Gasteiger partial charge in [-0.2, -0.15) is 0 Å². The van der Waals surface area contributed by atoms with E-state index in [9.17, 15) is 4.79 Å². The number of nitrogens with zero attached hydrogens (tertiary/aromatic N) is 1. The number of carbonyl (C=O) groups excluding carboxylic acids is 1. The van der Waals surface area contributed by atoms with Gasteiger partial charge in [-0.05, 0) is 26.7 Å². The number of hydrogen-bond acceptors (Lipinski definition) is 3. The Morgan fingerprint density at radius 1 is 1.73 bits per heavy atom. The molecule has 0 aromatic carbocycles. The first-order valence-corrected chi connectivity index (χ1v) is 6.04. The van der Waals surface area contributed by atoms with Crippen LogP contribution in [0.25, 0.3) is 0 Å². The van der Waals surface area contributed by atoms with Crippen molar-refractivity contribution in [2.45, 2.75) is 32.7 Å². The van der Waals surface area contributed by atoms with E-state index in [1.54, 1.807) is 6.92 Å². The van der Waals surface area contributed by atoms with Gasteiger partial charge in [0, 0.05) is 11.4 Å². The zero-order chi connectivity index (χ0) is 11.3. The minimum Gasteiger partial charge on any atom is -0.438 e. The molecule has 1 atom stereocenters. The van der Waals surface area contributed by atoms with Gasteiger partial charge in [-0.25, -0.2) is 4.98 Å². The first kappa shape index (κ1) is 12.2. The molecule has 0 saturated heterocycles. The van der Waals surface area contributed by atoms with Gasteiger partial charge in [0.1, 0.15) is 0 Å². The number of alkyl halides is 1. The first-order valence-electron chi connectivity index (χ1n) is 4.92. The maximum Gasteiger partial charge on any atom is 0.289 e. The molecule has 0 saturated carbocycles. The number of rotatable bonds is 5. The number of oxazole rings is 1. The van der Waals surface area contributed by atoms with Gasteiger partial charge in [0.25, 0.3) is 5.91 Å². The number of aromatic nitrogens is 1. The van der Waals surface area contributed by atoms with Crippen LogP contribution in [0.5, 0.6) is 0 Å². The predicted molar refractivity (Wildman–Crippen MR) is 61.2 cm³/mol. The second-order valence-electron chi connectivity index (χ2n) is 3.47. The minimum absolute atomic E-state index is 0.152. The number of hydrogen-bond donors (Lipinski definition) is 1. The molecule has 0 aliphatic carbocycles. The molecule has 0 fully saturated rings. The minimum atomic E-state index is -0.188. The van der Waals surface area contributed by atoms with E-state index in [2.05, 4.69) is 26.2 Å². The van der Waals surface area contributed by atoms with Gasteiger partial charge >= 0.3 is 0 Å². The van der Waals surface area contributed by atoms with E-state index in [1.165, 1.54) is 6.39 Å². The number of carbonyl (C=O) groups is 1. The molecule has 1 aromatic heterocycles. The summed E-state index contributed by atoms with van der Waals surface area (Å²) < 4.78 is 5.00. The van der Waals surface area contributed by atoms with Crippen molar-refractivity contribution in [3.8, 4) is 0 Å². The van der Waals surface area contributed by atoms with Gasteiger partial charge in [0.05, 0.1) is 5.69 Å². The fourth-order valence-corrected chi connectivity index (χ4v) is 1.59. The topological polar surface area (TPSA) is 55.1 Å². The fourth-order valence-electron chi connectivity index (χ4n) is 1.26. The summed E-state index contributed by atoms with van der Waals surface area (Å²) in [6.45, 7) is 3.73. The second kappa shape index (κ2) is 5.90. The third-order valence-electron chi connectivity index (χ3n) is 2.10. The summed E-state index contributed by atoms with van der Waals surface area (Å²) in [4.78, 5) is 15.5.